The quantitative estimate of drug-likeness (QED) is 0.577. The van der Waals surface area contributed by atoms with Crippen molar-refractivity contribution in [1.82, 2.24) is 24.6 Å². The van der Waals surface area contributed by atoms with Crippen LogP contribution in [0.25, 0.3) is 5.65 Å². The predicted molar refractivity (Wildman–Crippen MR) is 116 cm³/mol. The zero-order valence-electron chi connectivity index (χ0n) is 17.9. The highest BCUT2D eigenvalue weighted by Crippen LogP contribution is 2.37. The Labute approximate surface area is 190 Å². The number of fused-ring (bicyclic) bond motifs is 1. The van der Waals surface area contributed by atoms with E-state index in [1.807, 2.05) is 19.2 Å². The summed E-state index contributed by atoms with van der Waals surface area (Å²) in [4.78, 5) is 27.1. The van der Waals surface area contributed by atoms with Crippen LogP contribution in [0.4, 0.5) is 4.39 Å². The number of halogens is 2. The van der Waals surface area contributed by atoms with Crippen molar-refractivity contribution >= 4 is 23.2 Å². The van der Waals surface area contributed by atoms with Gasteiger partial charge in [-0.05, 0) is 68.2 Å². The highest BCUT2D eigenvalue weighted by Gasteiger charge is 2.37. The van der Waals surface area contributed by atoms with E-state index in [4.69, 9.17) is 16.4 Å². The average molecular weight is 458 g/mol. The van der Waals surface area contributed by atoms with Gasteiger partial charge in [-0.15, -0.1) is 0 Å². The minimum atomic E-state index is -0.401. The molecule has 1 aliphatic heterocycles. The second kappa shape index (κ2) is 8.75. The Balaban J connectivity index is 1.21. The van der Waals surface area contributed by atoms with Crippen molar-refractivity contribution in [3.05, 3.63) is 58.5 Å². The Morgan fingerprint density at radius 3 is 2.81 bits per heavy atom. The standard InChI is InChI=1S/C23H25ClFN5O2/c1-14-27-22-20(24)9-16(13-29(22)28-14)8-15-2-4-17(5-3-15)23(31)30-21(6-7-32-30)18-10-19(25)12-26-11-18/h9-13,15,17,21H,2-8H2,1H3/t15?,17?,21-/m0/s1. The van der Waals surface area contributed by atoms with Gasteiger partial charge in [0.1, 0.15) is 11.6 Å². The second-order valence-corrected chi connectivity index (χ2v) is 9.19. The minimum absolute atomic E-state index is 0.00207. The summed E-state index contributed by atoms with van der Waals surface area (Å²) in [6.45, 7) is 2.30. The number of rotatable bonds is 4. The van der Waals surface area contributed by atoms with Crippen LogP contribution in [0.2, 0.25) is 5.02 Å². The van der Waals surface area contributed by atoms with E-state index < -0.39 is 5.82 Å². The third-order valence-corrected chi connectivity index (χ3v) is 6.78. The maximum absolute atomic E-state index is 13.6. The molecule has 1 aliphatic carbocycles. The first-order chi connectivity index (χ1) is 15.5. The maximum atomic E-state index is 13.6. The third-order valence-electron chi connectivity index (χ3n) is 6.50. The Hall–Kier alpha value is -2.58. The molecule has 0 N–H and O–H groups in total. The van der Waals surface area contributed by atoms with Gasteiger partial charge in [-0.25, -0.2) is 19.0 Å². The molecule has 7 nitrogen and oxygen atoms in total. The Kier molecular flexibility index (Phi) is 5.82. The molecule has 3 aromatic rings. The summed E-state index contributed by atoms with van der Waals surface area (Å²) >= 11 is 6.39. The molecule has 1 saturated heterocycles. The Morgan fingerprint density at radius 2 is 2.03 bits per heavy atom. The number of hydrogen-bond acceptors (Lipinski definition) is 5. The summed E-state index contributed by atoms with van der Waals surface area (Å²) in [6.07, 6.45) is 9.87. The number of nitrogens with zero attached hydrogens (tertiary/aromatic N) is 5. The van der Waals surface area contributed by atoms with Crippen molar-refractivity contribution in [3.63, 3.8) is 0 Å². The average Bonchev–Trinajstić information content (AvgIpc) is 3.40. The molecule has 1 saturated carbocycles. The molecule has 2 aliphatic rings. The van der Waals surface area contributed by atoms with Crippen LogP contribution >= 0.6 is 11.6 Å². The smallest absolute Gasteiger partial charge is 0.249 e. The van der Waals surface area contributed by atoms with Crippen molar-refractivity contribution in [2.45, 2.75) is 51.5 Å². The highest BCUT2D eigenvalue weighted by atomic mass is 35.5. The van der Waals surface area contributed by atoms with Crippen molar-refractivity contribution in [1.29, 1.82) is 0 Å². The number of pyridine rings is 2. The fraction of sp³-hybridized carbons (Fsp3) is 0.478. The fourth-order valence-corrected chi connectivity index (χ4v) is 5.21. The van der Waals surface area contributed by atoms with E-state index in [2.05, 4.69) is 15.1 Å². The SMILES string of the molecule is Cc1nc2c(Cl)cc(CC3CCC(C(=O)N4OCC[C@H]4c4cncc(F)c4)CC3)cn2n1. The summed E-state index contributed by atoms with van der Waals surface area (Å²) in [5, 5.41) is 6.44. The van der Waals surface area contributed by atoms with Crippen LogP contribution in [0.5, 0.6) is 0 Å². The van der Waals surface area contributed by atoms with Gasteiger partial charge in [-0.2, -0.15) is 5.10 Å². The van der Waals surface area contributed by atoms with Gasteiger partial charge in [0.25, 0.3) is 0 Å². The van der Waals surface area contributed by atoms with E-state index in [0.717, 1.165) is 37.7 Å². The van der Waals surface area contributed by atoms with E-state index in [1.54, 1.807) is 10.7 Å². The van der Waals surface area contributed by atoms with Gasteiger partial charge >= 0.3 is 0 Å². The number of hydrogen-bond donors (Lipinski definition) is 0. The molecule has 3 aromatic heterocycles. The van der Waals surface area contributed by atoms with Gasteiger partial charge in [0.2, 0.25) is 5.91 Å². The summed E-state index contributed by atoms with van der Waals surface area (Å²) < 4.78 is 15.4. The second-order valence-electron chi connectivity index (χ2n) is 8.78. The largest absolute Gasteiger partial charge is 0.272 e. The van der Waals surface area contributed by atoms with Crippen LogP contribution in [0.3, 0.4) is 0 Å². The lowest BCUT2D eigenvalue weighted by atomic mass is 9.79. The molecule has 9 heteroatoms. The van der Waals surface area contributed by atoms with Gasteiger partial charge in [-0.1, -0.05) is 11.6 Å². The van der Waals surface area contributed by atoms with Crippen molar-refractivity contribution in [2.24, 2.45) is 11.8 Å². The molecular formula is C23H25ClFN5O2. The summed E-state index contributed by atoms with van der Waals surface area (Å²) in [6, 6.07) is 3.13. The van der Waals surface area contributed by atoms with Crippen LogP contribution in [0.1, 0.15) is 55.1 Å². The normalized spacial score (nSPS) is 23.7. The zero-order valence-corrected chi connectivity index (χ0v) is 18.6. The molecule has 32 heavy (non-hydrogen) atoms. The van der Waals surface area contributed by atoms with Crippen LogP contribution < -0.4 is 0 Å². The van der Waals surface area contributed by atoms with E-state index in [9.17, 15) is 9.18 Å². The minimum Gasteiger partial charge on any atom is -0.272 e. The Bertz CT molecular complexity index is 1140. The topological polar surface area (TPSA) is 72.6 Å². The lowest BCUT2D eigenvalue weighted by molar-refractivity contribution is -0.183. The van der Waals surface area contributed by atoms with Crippen LogP contribution in [-0.4, -0.2) is 37.2 Å². The first kappa shape index (κ1) is 21.3. The molecule has 0 aromatic carbocycles. The molecule has 0 bridgehead atoms. The number of aryl methyl sites for hydroxylation is 1. The first-order valence-corrected chi connectivity index (χ1v) is 11.4. The molecule has 0 spiro atoms. The predicted octanol–water partition coefficient (Wildman–Crippen LogP) is 4.48. The highest BCUT2D eigenvalue weighted by molar-refractivity contribution is 6.33. The number of carbonyl (C=O) groups excluding carboxylic acids is 1. The fourth-order valence-electron chi connectivity index (χ4n) is 4.94. The Morgan fingerprint density at radius 1 is 1.22 bits per heavy atom. The molecule has 168 valence electrons. The molecule has 0 radical (unpaired) electrons. The lowest BCUT2D eigenvalue weighted by Crippen LogP contribution is -2.36. The first-order valence-electron chi connectivity index (χ1n) is 11.1. The van der Waals surface area contributed by atoms with Crippen LogP contribution in [0.15, 0.2) is 30.7 Å². The number of aromatic nitrogens is 4. The van der Waals surface area contributed by atoms with E-state index in [-0.39, 0.29) is 17.9 Å². The van der Waals surface area contributed by atoms with Gasteiger partial charge in [0, 0.05) is 24.7 Å². The number of carbonyl (C=O) groups is 1. The molecule has 0 unspecified atom stereocenters. The number of amides is 1. The van der Waals surface area contributed by atoms with E-state index >= 15 is 0 Å². The molecule has 5 rings (SSSR count). The van der Waals surface area contributed by atoms with Crippen molar-refractivity contribution < 1.29 is 14.0 Å². The van der Waals surface area contributed by atoms with Crippen LogP contribution in [-0.2, 0) is 16.1 Å². The molecule has 2 fully saturated rings. The summed E-state index contributed by atoms with van der Waals surface area (Å²) in [7, 11) is 0. The van der Waals surface area contributed by atoms with Gasteiger partial charge in [-0.3, -0.25) is 14.6 Å². The molecule has 1 amide bonds. The molecule has 1 atom stereocenters. The van der Waals surface area contributed by atoms with Crippen LogP contribution in [0, 0.1) is 24.6 Å². The number of hydroxylamine groups is 2. The van der Waals surface area contributed by atoms with Crippen molar-refractivity contribution in [3.8, 4) is 0 Å². The summed E-state index contributed by atoms with van der Waals surface area (Å²) in [5.74, 6) is 0.705. The van der Waals surface area contributed by atoms with Gasteiger partial charge in [0.15, 0.2) is 5.65 Å². The molecule has 4 heterocycles. The van der Waals surface area contributed by atoms with Gasteiger partial charge < -0.3 is 0 Å². The monoisotopic (exact) mass is 457 g/mol. The maximum Gasteiger partial charge on any atom is 0.249 e. The van der Waals surface area contributed by atoms with Crippen molar-refractivity contribution in [2.75, 3.05) is 6.61 Å². The van der Waals surface area contributed by atoms with E-state index in [1.165, 1.54) is 17.3 Å². The summed E-state index contributed by atoms with van der Waals surface area (Å²) in [5.41, 5.74) is 2.49. The third kappa shape index (κ3) is 4.21. The van der Waals surface area contributed by atoms with Gasteiger partial charge in [0.05, 0.1) is 23.9 Å². The molecular weight excluding hydrogens is 433 g/mol. The lowest BCUT2D eigenvalue weighted by Gasteiger charge is -2.32. The van der Waals surface area contributed by atoms with E-state index in [0.29, 0.717) is 41.0 Å². The zero-order chi connectivity index (χ0) is 22.2.